The van der Waals surface area contributed by atoms with Crippen molar-refractivity contribution in [2.75, 3.05) is 18.4 Å². The zero-order valence-corrected chi connectivity index (χ0v) is 14.3. The lowest BCUT2D eigenvalue weighted by molar-refractivity contribution is -0.137. The molecule has 1 atom stereocenters. The molecule has 25 heavy (non-hydrogen) atoms. The number of piperidine rings is 1. The molecule has 1 saturated heterocycles. The molecule has 0 saturated carbocycles. The Morgan fingerprint density at radius 1 is 1.48 bits per heavy atom. The topological polar surface area (TPSA) is 56.1 Å². The van der Waals surface area contributed by atoms with Crippen molar-refractivity contribution in [2.24, 2.45) is 5.92 Å². The highest BCUT2D eigenvalue weighted by Crippen LogP contribution is 2.36. The Morgan fingerprint density at radius 2 is 2.20 bits per heavy atom. The van der Waals surface area contributed by atoms with Crippen molar-refractivity contribution in [3.05, 3.63) is 40.6 Å². The van der Waals surface area contributed by atoms with E-state index in [2.05, 4.69) is 12.2 Å². The Bertz CT molecular complexity index is 725. The number of anilines is 1. The van der Waals surface area contributed by atoms with Crippen LogP contribution in [0.15, 0.2) is 30.0 Å². The minimum absolute atomic E-state index is 0.0742. The van der Waals surface area contributed by atoms with Gasteiger partial charge in [0, 0.05) is 25.0 Å². The van der Waals surface area contributed by atoms with Crippen molar-refractivity contribution < 1.29 is 18.0 Å². The third-order valence-corrected chi connectivity index (χ3v) is 4.22. The number of hydrogen-bond donors (Lipinski definition) is 1. The second-order valence-corrected chi connectivity index (χ2v) is 6.45. The van der Waals surface area contributed by atoms with Gasteiger partial charge in [-0.05, 0) is 37.0 Å². The van der Waals surface area contributed by atoms with Gasteiger partial charge < -0.3 is 10.2 Å². The van der Waals surface area contributed by atoms with E-state index in [1.165, 1.54) is 12.3 Å². The maximum Gasteiger partial charge on any atom is 0.417 e. The average molecular weight is 372 g/mol. The largest absolute Gasteiger partial charge is 0.417 e. The number of amides is 1. The molecular weight excluding hydrogens is 355 g/mol. The molecule has 0 spiro atoms. The number of rotatable bonds is 3. The summed E-state index contributed by atoms with van der Waals surface area (Å²) >= 11 is 5.55. The molecule has 4 nitrogen and oxygen atoms in total. The van der Waals surface area contributed by atoms with E-state index in [1.807, 2.05) is 4.90 Å². The number of halogens is 4. The highest BCUT2D eigenvalue weighted by Gasteiger charge is 2.33. The number of nitrogens with zero attached hydrogens (tertiary/aromatic N) is 2. The lowest BCUT2D eigenvalue weighted by Crippen LogP contribution is -2.31. The fourth-order valence-corrected chi connectivity index (χ4v) is 2.91. The third-order valence-electron chi connectivity index (χ3n) is 3.89. The van der Waals surface area contributed by atoms with Crippen LogP contribution in [-0.2, 0) is 11.0 Å². The Hall–Kier alpha value is -2.20. The van der Waals surface area contributed by atoms with Gasteiger partial charge in [0.2, 0.25) is 0 Å². The molecule has 0 aromatic heterocycles. The first kappa shape index (κ1) is 19.1. The second-order valence-electron chi connectivity index (χ2n) is 6.04. The summed E-state index contributed by atoms with van der Waals surface area (Å²) in [4.78, 5) is 14.1. The summed E-state index contributed by atoms with van der Waals surface area (Å²) in [7, 11) is 0. The highest BCUT2D eigenvalue weighted by molar-refractivity contribution is 6.31. The van der Waals surface area contributed by atoms with Gasteiger partial charge in [0.25, 0.3) is 5.91 Å². The molecule has 1 aliphatic rings. The third kappa shape index (κ3) is 5.13. The minimum Gasteiger partial charge on any atom is -0.376 e. The van der Waals surface area contributed by atoms with Gasteiger partial charge in [0.05, 0.1) is 10.6 Å². The van der Waals surface area contributed by atoms with Gasteiger partial charge >= 0.3 is 6.18 Å². The van der Waals surface area contributed by atoms with Gasteiger partial charge in [-0.1, -0.05) is 18.5 Å². The van der Waals surface area contributed by atoms with E-state index >= 15 is 0 Å². The number of likely N-dealkylation sites (tertiary alicyclic amines) is 1. The highest BCUT2D eigenvalue weighted by atomic mass is 35.5. The van der Waals surface area contributed by atoms with Gasteiger partial charge in [-0.3, -0.25) is 4.79 Å². The maximum absolute atomic E-state index is 12.9. The first-order valence-electron chi connectivity index (χ1n) is 7.74. The Morgan fingerprint density at radius 3 is 2.80 bits per heavy atom. The predicted molar refractivity (Wildman–Crippen MR) is 88.8 cm³/mol. The van der Waals surface area contributed by atoms with Crippen molar-refractivity contribution in [3.63, 3.8) is 0 Å². The molecule has 2 rings (SSSR count). The van der Waals surface area contributed by atoms with Gasteiger partial charge in [-0.15, -0.1) is 0 Å². The molecule has 134 valence electrons. The lowest BCUT2D eigenvalue weighted by atomic mass is 10.0. The smallest absolute Gasteiger partial charge is 0.376 e. The molecule has 1 aliphatic heterocycles. The Balaban J connectivity index is 2.16. The van der Waals surface area contributed by atoms with Crippen LogP contribution in [-0.4, -0.2) is 23.9 Å². The van der Waals surface area contributed by atoms with Crippen molar-refractivity contribution in [1.29, 1.82) is 5.26 Å². The quantitative estimate of drug-likeness (QED) is 0.631. The molecule has 8 heteroatoms. The molecule has 1 amide bonds. The summed E-state index contributed by atoms with van der Waals surface area (Å²) in [5.74, 6) is -0.296. The molecule has 1 heterocycles. The summed E-state index contributed by atoms with van der Waals surface area (Å²) < 4.78 is 38.6. The Labute approximate surface area is 148 Å². The normalized spacial score (nSPS) is 18.6. The first-order valence-corrected chi connectivity index (χ1v) is 8.12. The van der Waals surface area contributed by atoms with Crippen molar-refractivity contribution in [1.82, 2.24) is 4.90 Å². The molecule has 0 radical (unpaired) electrons. The van der Waals surface area contributed by atoms with E-state index in [9.17, 15) is 23.2 Å². The monoisotopic (exact) mass is 371 g/mol. The van der Waals surface area contributed by atoms with Crippen molar-refractivity contribution in [3.8, 4) is 6.07 Å². The zero-order chi connectivity index (χ0) is 18.6. The van der Waals surface area contributed by atoms with E-state index in [4.69, 9.17) is 11.6 Å². The van der Waals surface area contributed by atoms with Crippen LogP contribution in [0.5, 0.6) is 0 Å². The fraction of sp³-hybridized carbons (Fsp3) is 0.412. The van der Waals surface area contributed by atoms with Gasteiger partial charge in [0.1, 0.15) is 11.6 Å². The van der Waals surface area contributed by atoms with Crippen LogP contribution in [0, 0.1) is 17.2 Å². The predicted octanol–water partition coefficient (Wildman–Crippen LogP) is 4.44. The molecule has 0 aliphatic carbocycles. The van der Waals surface area contributed by atoms with E-state index < -0.39 is 22.7 Å². The van der Waals surface area contributed by atoms with Crippen molar-refractivity contribution in [2.45, 2.75) is 25.9 Å². The molecule has 1 aromatic rings. The fourth-order valence-electron chi connectivity index (χ4n) is 2.68. The second kappa shape index (κ2) is 7.79. The van der Waals surface area contributed by atoms with E-state index in [-0.39, 0.29) is 11.3 Å². The number of hydrogen-bond acceptors (Lipinski definition) is 3. The van der Waals surface area contributed by atoms with E-state index in [0.29, 0.717) is 5.92 Å². The number of benzene rings is 1. The molecule has 1 unspecified atom stereocenters. The van der Waals surface area contributed by atoms with E-state index in [1.54, 1.807) is 6.07 Å². The molecule has 1 N–H and O–H groups in total. The van der Waals surface area contributed by atoms with Crippen LogP contribution in [0.25, 0.3) is 0 Å². The number of nitriles is 1. The van der Waals surface area contributed by atoms with E-state index in [0.717, 1.165) is 38.1 Å². The maximum atomic E-state index is 12.9. The van der Waals surface area contributed by atoms with Gasteiger partial charge in [0.15, 0.2) is 0 Å². The molecule has 0 bridgehead atoms. The van der Waals surface area contributed by atoms with Crippen LogP contribution in [0.1, 0.15) is 25.3 Å². The number of alkyl halides is 3. The van der Waals surface area contributed by atoms with Crippen molar-refractivity contribution >= 4 is 23.2 Å². The first-order chi connectivity index (χ1) is 11.7. The van der Waals surface area contributed by atoms with Crippen LogP contribution in [0.2, 0.25) is 5.02 Å². The van der Waals surface area contributed by atoms with Gasteiger partial charge in [-0.2, -0.15) is 18.4 Å². The zero-order valence-electron chi connectivity index (χ0n) is 13.5. The molecular formula is C17H17ClF3N3O. The van der Waals surface area contributed by atoms with Crippen LogP contribution in [0.4, 0.5) is 18.9 Å². The SMILES string of the molecule is CC1CCCN(/C=C(/C#N)C(=O)Nc2ccc(Cl)c(C(F)(F)F)c2)C1. The Kier molecular flexibility index (Phi) is 5.96. The summed E-state index contributed by atoms with van der Waals surface area (Å²) in [6.07, 6.45) is -1.12. The minimum atomic E-state index is -4.63. The molecule has 1 aromatic carbocycles. The summed E-state index contributed by atoms with van der Waals surface area (Å²) in [6, 6.07) is 4.86. The average Bonchev–Trinajstić information content (AvgIpc) is 2.53. The van der Waals surface area contributed by atoms with Crippen LogP contribution >= 0.6 is 11.6 Å². The number of nitrogens with one attached hydrogen (secondary N) is 1. The van der Waals surface area contributed by atoms with Crippen LogP contribution in [0.3, 0.4) is 0 Å². The lowest BCUT2D eigenvalue weighted by Gasteiger charge is -2.29. The summed E-state index contributed by atoms with van der Waals surface area (Å²) in [5, 5.41) is 11.1. The standard InChI is InChI=1S/C17H17ClF3N3O/c1-11-3-2-6-24(9-11)10-12(8-22)16(25)23-13-4-5-15(18)14(7-13)17(19,20)21/h4-5,7,10-11H,2-3,6,9H2,1H3,(H,23,25)/b12-10-. The summed E-state index contributed by atoms with van der Waals surface area (Å²) in [5.41, 5.74) is -1.27. The van der Waals surface area contributed by atoms with Gasteiger partial charge in [-0.25, -0.2) is 0 Å². The number of carbonyl (C=O) groups excluding carboxylic acids is 1. The summed E-state index contributed by atoms with van der Waals surface area (Å²) in [6.45, 7) is 3.55. The van der Waals surface area contributed by atoms with Crippen LogP contribution < -0.4 is 5.32 Å². The number of carbonyl (C=O) groups is 1. The molecule has 1 fully saturated rings.